The molecule has 3 heterocycles. The summed E-state index contributed by atoms with van der Waals surface area (Å²) in [6.07, 6.45) is 4.89. The Labute approximate surface area is 176 Å². The van der Waals surface area contributed by atoms with E-state index in [0.717, 1.165) is 48.1 Å². The van der Waals surface area contributed by atoms with Gasteiger partial charge in [0.1, 0.15) is 13.2 Å². The van der Waals surface area contributed by atoms with Crippen LogP contribution in [0.5, 0.6) is 11.5 Å². The van der Waals surface area contributed by atoms with Crippen LogP contribution in [-0.4, -0.2) is 34.7 Å². The van der Waals surface area contributed by atoms with Crippen LogP contribution in [0.2, 0.25) is 0 Å². The second-order valence-electron chi connectivity index (χ2n) is 7.91. The van der Waals surface area contributed by atoms with Gasteiger partial charge in [-0.05, 0) is 38.3 Å². The quantitative estimate of drug-likeness (QED) is 0.642. The molecule has 1 fully saturated rings. The highest BCUT2D eigenvalue weighted by atomic mass is 32.2. The molecule has 0 unspecified atom stereocenters. The van der Waals surface area contributed by atoms with Gasteiger partial charge >= 0.3 is 0 Å². The van der Waals surface area contributed by atoms with Crippen molar-refractivity contribution in [3.8, 4) is 11.5 Å². The van der Waals surface area contributed by atoms with Gasteiger partial charge in [-0.3, -0.25) is 0 Å². The molecular weight excluding hydrogens is 400 g/mol. The highest BCUT2D eigenvalue weighted by Crippen LogP contribution is 2.41. The third kappa shape index (κ3) is 3.27. The topological polar surface area (TPSA) is 70.0 Å². The lowest BCUT2D eigenvalue weighted by Crippen LogP contribution is -2.32. The maximum atomic E-state index is 13.6. The van der Waals surface area contributed by atoms with E-state index in [-0.39, 0.29) is 0 Å². The van der Waals surface area contributed by atoms with Crippen molar-refractivity contribution < 1.29 is 22.9 Å². The predicted octanol–water partition coefficient (Wildman–Crippen LogP) is 3.56. The number of nitrogens with one attached hydrogen (secondary N) is 1. The van der Waals surface area contributed by atoms with E-state index < -0.39 is 9.84 Å². The number of rotatable bonds is 3. The molecule has 2 aliphatic heterocycles. The lowest BCUT2D eigenvalue weighted by atomic mass is 10.1. The molecule has 0 saturated carbocycles. The normalized spacial score (nSPS) is 16.6. The highest BCUT2D eigenvalue weighted by molar-refractivity contribution is 7.91. The molecule has 2 aliphatic rings. The van der Waals surface area contributed by atoms with Crippen LogP contribution in [0.25, 0.3) is 10.9 Å². The van der Waals surface area contributed by atoms with Gasteiger partial charge in [-0.1, -0.05) is 17.7 Å². The Morgan fingerprint density at radius 1 is 0.933 bits per heavy atom. The molecule has 1 aromatic heterocycles. The fraction of sp³-hybridized carbons (Fsp3) is 0.348. The largest absolute Gasteiger partial charge is 0.486 e. The summed E-state index contributed by atoms with van der Waals surface area (Å²) in [5, 5.41) is 0.842. The smallest absolute Gasteiger partial charge is 0.217 e. The number of nitrogens with zero attached hydrogens (tertiary/aromatic N) is 1. The molecule has 0 radical (unpaired) electrons. The zero-order valence-corrected chi connectivity index (χ0v) is 17.8. The Morgan fingerprint density at radius 2 is 1.60 bits per heavy atom. The monoisotopic (exact) mass is 425 g/mol. The second-order valence-corrected chi connectivity index (χ2v) is 9.83. The van der Waals surface area contributed by atoms with Crippen molar-refractivity contribution >= 4 is 26.4 Å². The van der Waals surface area contributed by atoms with Crippen LogP contribution in [0.4, 0.5) is 5.69 Å². The summed E-state index contributed by atoms with van der Waals surface area (Å²) in [5.41, 5.74) is 2.61. The summed E-state index contributed by atoms with van der Waals surface area (Å²) in [6.45, 7) is 4.62. The summed E-state index contributed by atoms with van der Waals surface area (Å²) in [4.78, 5) is 6.01. The van der Waals surface area contributed by atoms with Crippen LogP contribution in [-0.2, 0) is 9.84 Å². The second kappa shape index (κ2) is 7.47. The zero-order valence-electron chi connectivity index (χ0n) is 17.0. The predicted molar refractivity (Wildman–Crippen MR) is 114 cm³/mol. The third-order valence-corrected chi connectivity index (χ3v) is 7.61. The number of pyridine rings is 1. The maximum absolute atomic E-state index is 13.6. The van der Waals surface area contributed by atoms with Gasteiger partial charge in [0.25, 0.3) is 0 Å². The maximum Gasteiger partial charge on any atom is 0.217 e. The van der Waals surface area contributed by atoms with E-state index in [4.69, 9.17) is 9.47 Å². The van der Waals surface area contributed by atoms with Gasteiger partial charge in [0.2, 0.25) is 15.4 Å². The van der Waals surface area contributed by atoms with Gasteiger partial charge < -0.3 is 14.4 Å². The molecule has 0 aliphatic carbocycles. The SMILES string of the molecule is Cc1ccc(S(=O)(=O)c2c[nH+]c3cc4c(cc3c2N2CCCCC2)OCCO4)cc1. The number of fused-ring (bicyclic) bond motifs is 2. The van der Waals surface area contributed by atoms with Crippen molar-refractivity contribution in [2.75, 3.05) is 31.2 Å². The minimum absolute atomic E-state index is 0.302. The molecule has 3 aromatic rings. The lowest BCUT2D eigenvalue weighted by molar-refractivity contribution is -0.347. The average Bonchev–Trinajstić information content (AvgIpc) is 2.77. The van der Waals surface area contributed by atoms with Crippen LogP contribution in [0.3, 0.4) is 0 Å². The minimum atomic E-state index is -3.69. The standard InChI is InChI=1S/C23H24N2O4S/c1-16-5-7-17(8-6-16)30(26,27)22-15-24-19-14-21-20(28-11-12-29-21)13-18(19)23(22)25-9-3-2-4-10-25/h5-8,13-15H,2-4,9-12H2,1H3/p+1. The number of hydrogen-bond acceptors (Lipinski definition) is 5. The Balaban J connectivity index is 1.75. The van der Waals surface area contributed by atoms with E-state index >= 15 is 0 Å². The van der Waals surface area contributed by atoms with Gasteiger partial charge in [-0.15, -0.1) is 0 Å². The van der Waals surface area contributed by atoms with Crippen molar-refractivity contribution in [3.05, 3.63) is 48.2 Å². The van der Waals surface area contributed by atoms with Gasteiger partial charge in [0.15, 0.2) is 22.6 Å². The van der Waals surface area contributed by atoms with E-state index in [9.17, 15) is 8.42 Å². The number of hydrogen-bond donors (Lipinski definition) is 0. The fourth-order valence-electron chi connectivity index (χ4n) is 4.24. The molecule has 0 bridgehead atoms. The third-order valence-electron chi connectivity index (χ3n) is 5.82. The molecule has 6 nitrogen and oxygen atoms in total. The first kappa shape index (κ1) is 19.2. The van der Waals surface area contributed by atoms with Gasteiger partial charge in [0.05, 0.1) is 22.0 Å². The minimum Gasteiger partial charge on any atom is -0.486 e. The number of anilines is 1. The van der Waals surface area contributed by atoms with Crippen molar-refractivity contribution in [1.82, 2.24) is 0 Å². The van der Waals surface area contributed by atoms with Crippen molar-refractivity contribution in [3.63, 3.8) is 0 Å². The van der Waals surface area contributed by atoms with Gasteiger partial charge in [0, 0.05) is 19.2 Å². The van der Waals surface area contributed by atoms with Crippen molar-refractivity contribution in [1.29, 1.82) is 0 Å². The number of aryl methyl sites for hydroxylation is 1. The molecule has 5 rings (SSSR count). The summed E-state index contributed by atoms with van der Waals surface area (Å²) < 4.78 is 38.8. The number of sulfone groups is 1. The number of H-pyrrole nitrogens is 1. The zero-order chi connectivity index (χ0) is 20.7. The Hall–Kier alpha value is -2.80. The fourth-order valence-corrected chi connectivity index (χ4v) is 5.70. The van der Waals surface area contributed by atoms with Crippen LogP contribution in [0, 0.1) is 6.92 Å². The molecule has 0 amide bonds. The summed E-state index contributed by atoms with van der Waals surface area (Å²) in [6, 6.07) is 10.8. The van der Waals surface area contributed by atoms with Gasteiger partial charge in [-0.2, -0.15) is 0 Å². The molecule has 0 atom stereocenters. The van der Waals surface area contributed by atoms with Crippen LogP contribution >= 0.6 is 0 Å². The molecule has 7 heteroatoms. The molecule has 2 aromatic carbocycles. The van der Waals surface area contributed by atoms with Gasteiger partial charge in [-0.25, -0.2) is 13.4 Å². The number of aromatic amines is 1. The molecular formula is C23H25N2O4S+. The van der Waals surface area contributed by atoms with E-state index in [1.165, 1.54) is 6.42 Å². The Kier molecular flexibility index (Phi) is 4.77. The molecule has 0 spiro atoms. The average molecular weight is 426 g/mol. The van der Waals surface area contributed by atoms with Crippen molar-refractivity contribution in [2.45, 2.75) is 36.0 Å². The van der Waals surface area contributed by atoms with E-state index in [1.54, 1.807) is 18.3 Å². The van der Waals surface area contributed by atoms with Crippen LogP contribution in [0.1, 0.15) is 24.8 Å². The number of benzene rings is 2. The molecule has 30 heavy (non-hydrogen) atoms. The first-order valence-corrected chi connectivity index (χ1v) is 11.9. The highest BCUT2D eigenvalue weighted by Gasteiger charge is 2.31. The molecule has 1 saturated heterocycles. The first-order chi connectivity index (χ1) is 14.5. The molecule has 1 N–H and O–H groups in total. The summed E-state index contributed by atoms with van der Waals surface area (Å²) in [7, 11) is -3.69. The van der Waals surface area contributed by atoms with E-state index in [1.807, 2.05) is 31.2 Å². The van der Waals surface area contributed by atoms with Crippen LogP contribution in [0.15, 0.2) is 52.4 Å². The number of piperidine rings is 1. The lowest BCUT2D eigenvalue weighted by Gasteiger charge is -2.30. The summed E-state index contributed by atoms with van der Waals surface area (Å²) in [5.74, 6) is 1.34. The van der Waals surface area contributed by atoms with Crippen LogP contribution < -0.4 is 19.4 Å². The molecule has 156 valence electrons. The number of aromatic nitrogens is 1. The van der Waals surface area contributed by atoms with Crippen molar-refractivity contribution in [2.24, 2.45) is 0 Å². The Morgan fingerprint density at radius 3 is 2.30 bits per heavy atom. The number of ether oxygens (including phenoxy) is 2. The summed E-state index contributed by atoms with van der Waals surface area (Å²) >= 11 is 0. The first-order valence-electron chi connectivity index (χ1n) is 10.4. The van der Waals surface area contributed by atoms with E-state index in [0.29, 0.717) is 34.5 Å². The van der Waals surface area contributed by atoms with E-state index in [2.05, 4.69) is 9.88 Å². The Bertz CT molecular complexity index is 1200.